The number of phenolic OH excluding ortho intramolecular Hbond substituents is 1. The Morgan fingerprint density at radius 2 is 2.04 bits per heavy atom. The van der Waals surface area contributed by atoms with E-state index >= 15 is 0 Å². The first kappa shape index (κ1) is 19.3. The van der Waals surface area contributed by atoms with Gasteiger partial charge in [0, 0.05) is 5.69 Å². The molecular weight excluding hydrogens is 400 g/mol. The molecule has 0 heterocycles. The van der Waals surface area contributed by atoms with Gasteiger partial charge in [0.25, 0.3) is 5.91 Å². The molecule has 0 saturated carbocycles. The van der Waals surface area contributed by atoms with Crippen molar-refractivity contribution >= 4 is 33.6 Å². The smallest absolute Gasteiger partial charge is 0.266 e. The molecular formula is C19H17BrN2O4. The van der Waals surface area contributed by atoms with Crippen molar-refractivity contribution in [2.45, 2.75) is 6.92 Å². The van der Waals surface area contributed by atoms with Crippen LogP contribution in [0, 0.1) is 11.3 Å². The minimum atomic E-state index is -0.542. The summed E-state index contributed by atoms with van der Waals surface area (Å²) in [4.78, 5) is 12.3. The van der Waals surface area contributed by atoms with Gasteiger partial charge in [0.2, 0.25) is 0 Å². The van der Waals surface area contributed by atoms with Crippen molar-refractivity contribution in [1.29, 1.82) is 5.26 Å². The number of rotatable bonds is 6. The van der Waals surface area contributed by atoms with Crippen molar-refractivity contribution in [3.05, 3.63) is 52.0 Å². The number of hydrogen-bond donors (Lipinski definition) is 2. The van der Waals surface area contributed by atoms with Crippen LogP contribution in [-0.4, -0.2) is 24.7 Å². The number of benzene rings is 2. The molecule has 0 unspecified atom stereocenters. The number of nitriles is 1. The lowest BCUT2D eigenvalue weighted by Crippen LogP contribution is -2.13. The lowest BCUT2D eigenvalue weighted by atomic mass is 10.1. The van der Waals surface area contributed by atoms with E-state index in [-0.39, 0.29) is 17.1 Å². The Morgan fingerprint density at radius 1 is 1.35 bits per heavy atom. The summed E-state index contributed by atoms with van der Waals surface area (Å²) in [5.41, 5.74) is 0.993. The quantitative estimate of drug-likeness (QED) is 0.545. The van der Waals surface area contributed by atoms with Crippen LogP contribution in [0.5, 0.6) is 17.2 Å². The van der Waals surface area contributed by atoms with E-state index in [4.69, 9.17) is 9.47 Å². The molecule has 7 heteroatoms. The van der Waals surface area contributed by atoms with Crippen molar-refractivity contribution in [3.8, 4) is 23.3 Å². The molecule has 0 fully saturated rings. The second kappa shape index (κ2) is 8.92. The van der Waals surface area contributed by atoms with Crippen LogP contribution in [0.2, 0.25) is 0 Å². The lowest BCUT2D eigenvalue weighted by molar-refractivity contribution is -0.112. The van der Waals surface area contributed by atoms with Crippen LogP contribution in [0.3, 0.4) is 0 Å². The first-order valence-electron chi connectivity index (χ1n) is 7.71. The topological polar surface area (TPSA) is 91.6 Å². The molecule has 2 aromatic carbocycles. The Balaban J connectivity index is 2.22. The number of anilines is 1. The third-order valence-electron chi connectivity index (χ3n) is 3.37. The van der Waals surface area contributed by atoms with E-state index in [0.29, 0.717) is 28.1 Å². The van der Waals surface area contributed by atoms with Gasteiger partial charge in [-0.1, -0.05) is 0 Å². The first-order valence-corrected chi connectivity index (χ1v) is 8.50. The molecule has 26 heavy (non-hydrogen) atoms. The molecule has 0 saturated heterocycles. The number of amides is 1. The molecule has 0 aliphatic rings. The summed E-state index contributed by atoms with van der Waals surface area (Å²) in [7, 11) is 1.42. The Morgan fingerprint density at radius 3 is 2.62 bits per heavy atom. The van der Waals surface area contributed by atoms with Crippen LogP contribution in [0.4, 0.5) is 5.69 Å². The average molecular weight is 417 g/mol. The van der Waals surface area contributed by atoms with Crippen LogP contribution < -0.4 is 14.8 Å². The Labute approximate surface area is 159 Å². The number of methoxy groups -OCH3 is 1. The molecule has 0 aromatic heterocycles. The van der Waals surface area contributed by atoms with Gasteiger partial charge < -0.3 is 19.9 Å². The molecule has 2 rings (SSSR count). The minimum Gasteiger partial charge on any atom is -0.503 e. The van der Waals surface area contributed by atoms with E-state index in [0.717, 1.165) is 0 Å². The predicted octanol–water partition coefficient (Wildman–Crippen LogP) is 4.11. The number of nitrogens with one attached hydrogen (secondary N) is 1. The van der Waals surface area contributed by atoms with Crippen LogP contribution in [0.15, 0.2) is 46.4 Å². The normalized spacial score (nSPS) is 10.8. The van der Waals surface area contributed by atoms with Crippen molar-refractivity contribution in [1.82, 2.24) is 0 Å². The maximum Gasteiger partial charge on any atom is 0.266 e. The summed E-state index contributed by atoms with van der Waals surface area (Å²) < 4.78 is 10.8. The third-order valence-corrected chi connectivity index (χ3v) is 3.97. The molecule has 1 amide bonds. The Kier molecular flexibility index (Phi) is 6.64. The predicted molar refractivity (Wildman–Crippen MR) is 102 cm³/mol. The van der Waals surface area contributed by atoms with E-state index in [9.17, 15) is 15.2 Å². The fraction of sp³-hybridized carbons (Fsp3) is 0.158. The number of phenols is 1. The molecule has 0 bridgehead atoms. The van der Waals surface area contributed by atoms with E-state index in [1.807, 2.05) is 13.0 Å². The molecule has 0 atom stereocenters. The molecule has 2 aromatic rings. The second-order valence-corrected chi connectivity index (χ2v) is 5.99. The van der Waals surface area contributed by atoms with Crippen LogP contribution in [0.25, 0.3) is 6.08 Å². The summed E-state index contributed by atoms with van der Waals surface area (Å²) in [5, 5.41) is 21.8. The van der Waals surface area contributed by atoms with Crippen molar-refractivity contribution in [3.63, 3.8) is 0 Å². The zero-order valence-electron chi connectivity index (χ0n) is 14.2. The van der Waals surface area contributed by atoms with Crippen LogP contribution in [-0.2, 0) is 4.79 Å². The molecule has 2 N–H and O–H groups in total. The van der Waals surface area contributed by atoms with Gasteiger partial charge in [0.1, 0.15) is 17.4 Å². The summed E-state index contributed by atoms with van der Waals surface area (Å²) >= 11 is 3.21. The monoisotopic (exact) mass is 416 g/mol. The Bertz CT molecular complexity index is 870. The highest BCUT2D eigenvalue weighted by Crippen LogP contribution is 2.35. The fourth-order valence-corrected chi connectivity index (χ4v) is 2.61. The van der Waals surface area contributed by atoms with Gasteiger partial charge in [0.15, 0.2) is 11.5 Å². The van der Waals surface area contributed by atoms with Crippen molar-refractivity contribution in [2.75, 3.05) is 19.0 Å². The highest BCUT2D eigenvalue weighted by molar-refractivity contribution is 9.10. The molecule has 6 nitrogen and oxygen atoms in total. The summed E-state index contributed by atoms with van der Waals surface area (Å²) in [6.45, 7) is 2.44. The fourth-order valence-electron chi connectivity index (χ4n) is 2.15. The molecule has 0 aliphatic carbocycles. The lowest BCUT2D eigenvalue weighted by Gasteiger charge is -2.08. The highest BCUT2D eigenvalue weighted by Gasteiger charge is 2.12. The highest BCUT2D eigenvalue weighted by atomic mass is 79.9. The van der Waals surface area contributed by atoms with Crippen LogP contribution in [0.1, 0.15) is 12.5 Å². The van der Waals surface area contributed by atoms with E-state index < -0.39 is 5.91 Å². The van der Waals surface area contributed by atoms with E-state index in [1.165, 1.54) is 19.3 Å². The number of aromatic hydroxyl groups is 1. The summed E-state index contributed by atoms with van der Waals surface area (Å²) in [6.07, 6.45) is 1.41. The van der Waals surface area contributed by atoms with Gasteiger partial charge in [-0.25, -0.2) is 0 Å². The number of hydrogen-bond acceptors (Lipinski definition) is 5. The SMILES string of the molecule is CCOc1ccc(NC(=O)/C(C#N)=C/c2cc(Br)c(O)c(OC)c2)cc1. The molecule has 134 valence electrons. The van der Waals surface area contributed by atoms with Gasteiger partial charge in [0.05, 0.1) is 18.2 Å². The molecule has 0 spiro atoms. The van der Waals surface area contributed by atoms with Gasteiger partial charge in [-0.3, -0.25) is 4.79 Å². The van der Waals surface area contributed by atoms with Gasteiger partial charge in [-0.15, -0.1) is 0 Å². The van der Waals surface area contributed by atoms with Crippen molar-refractivity contribution < 1.29 is 19.4 Å². The van der Waals surface area contributed by atoms with Gasteiger partial charge >= 0.3 is 0 Å². The summed E-state index contributed by atoms with van der Waals surface area (Å²) in [6, 6.07) is 11.8. The van der Waals surface area contributed by atoms with Gasteiger partial charge in [-0.2, -0.15) is 5.26 Å². The molecule has 0 radical (unpaired) electrons. The van der Waals surface area contributed by atoms with E-state index in [1.54, 1.807) is 30.3 Å². The minimum absolute atomic E-state index is 0.0537. The maximum atomic E-state index is 12.3. The zero-order valence-corrected chi connectivity index (χ0v) is 15.8. The third kappa shape index (κ3) is 4.77. The first-order chi connectivity index (χ1) is 12.5. The molecule has 0 aliphatic heterocycles. The van der Waals surface area contributed by atoms with Crippen LogP contribution >= 0.6 is 15.9 Å². The number of carbonyl (C=O) groups excluding carboxylic acids is 1. The average Bonchev–Trinajstić information content (AvgIpc) is 2.64. The maximum absolute atomic E-state index is 12.3. The number of halogens is 1. The number of nitrogens with zero attached hydrogens (tertiary/aromatic N) is 1. The zero-order chi connectivity index (χ0) is 19.1. The van der Waals surface area contributed by atoms with Crippen molar-refractivity contribution in [2.24, 2.45) is 0 Å². The number of ether oxygens (including phenoxy) is 2. The number of carbonyl (C=O) groups is 1. The summed E-state index contributed by atoms with van der Waals surface area (Å²) in [5.74, 6) is 0.333. The Hall–Kier alpha value is -2.98. The second-order valence-electron chi connectivity index (χ2n) is 5.13. The van der Waals surface area contributed by atoms with Gasteiger partial charge in [-0.05, 0) is 70.9 Å². The largest absolute Gasteiger partial charge is 0.503 e. The van der Waals surface area contributed by atoms with E-state index in [2.05, 4.69) is 21.2 Å². The standard InChI is InChI=1S/C19H17BrN2O4/c1-3-26-15-6-4-14(5-7-15)22-19(24)13(11-21)8-12-9-16(20)18(23)17(10-12)25-2/h4-10,23H,3H2,1-2H3,(H,22,24)/b13-8+.